The van der Waals surface area contributed by atoms with Crippen LogP contribution in [0.15, 0.2) is 41.5 Å². The summed E-state index contributed by atoms with van der Waals surface area (Å²) in [5.74, 6) is -0.645. The molecule has 3 heterocycles. The maximum Gasteiger partial charge on any atom is 0.750 e. The van der Waals surface area contributed by atoms with Crippen LogP contribution in [0.3, 0.4) is 0 Å². The van der Waals surface area contributed by atoms with Crippen molar-refractivity contribution in [1.82, 2.24) is 19.5 Å². The van der Waals surface area contributed by atoms with Gasteiger partial charge in [-0.15, -0.1) is 4.52 Å². The van der Waals surface area contributed by atoms with Crippen molar-refractivity contribution in [2.24, 2.45) is 5.92 Å². The first kappa shape index (κ1) is 23.9. The second kappa shape index (κ2) is 9.94. The number of alkyl halides is 1. The maximum absolute atomic E-state index is 15.0. The molecule has 12 nitrogen and oxygen atoms in total. The Bertz CT molecular complexity index is 1250. The van der Waals surface area contributed by atoms with Gasteiger partial charge in [-0.2, -0.15) is 4.98 Å². The van der Waals surface area contributed by atoms with E-state index in [-0.39, 0.29) is 34.7 Å². The number of amides is 1. The molecule has 14 heteroatoms. The number of H-pyrrole nitrogens is 1. The van der Waals surface area contributed by atoms with Gasteiger partial charge in [-0.1, -0.05) is 32.0 Å². The zero-order valence-electron chi connectivity index (χ0n) is 18.1. The van der Waals surface area contributed by atoms with Crippen molar-refractivity contribution in [1.29, 1.82) is 0 Å². The zero-order valence-corrected chi connectivity index (χ0v) is 19.0. The largest absolute Gasteiger partial charge is 0.750 e. The average molecular weight is 494 g/mol. The first-order chi connectivity index (χ1) is 16.3. The number of aliphatic hydroxyl groups excluding tert-OH is 1. The normalized spacial score (nSPS) is 22.8. The van der Waals surface area contributed by atoms with Crippen molar-refractivity contribution in [3.63, 3.8) is 0 Å². The summed E-state index contributed by atoms with van der Waals surface area (Å²) in [4.78, 5) is 35.1. The second-order valence-electron chi connectivity index (χ2n) is 7.77. The number of ether oxygens (including phenoxy) is 1. The first-order valence-electron chi connectivity index (χ1n) is 10.3. The summed E-state index contributed by atoms with van der Waals surface area (Å²) in [7, 11) is -2.83. The number of benzene rings is 1. The number of nitrogens with zero attached hydrogens (tertiary/aromatic N) is 3. The van der Waals surface area contributed by atoms with Crippen LogP contribution < -0.4 is 15.4 Å². The molecule has 2 aromatic heterocycles. The Kier molecular flexibility index (Phi) is 6.98. The number of hydrogen-bond acceptors (Lipinski definition) is 9. The molecule has 1 saturated heterocycles. The summed E-state index contributed by atoms with van der Waals surface area (Å²) in [6.07, 6.45) is -4.78. The molecule has 0 spiro atoms. The maximum atomic E-state index is 15.0. The fourth-order valence-electron chi connectivity index (χ4n) is 3.30. The monoisotopic (exact) mass is 494 g/mol. The Morgan fingerprint density at radius 2 is 2.12 bits per heavy atom. The lowest BCUT2D eigenvalue weighted by Crippen LogP contribution is -2.31. The van der Waals surface area contributed by atoms with Gasteiger partial charge in [-0.3, -0.25) is 24.5 Å². The van der Waals surface area contributed by atoms with Crippen molar-refractivity contribution < 1.29 is 32.6 Å². The number of aromatic nitrogens is 4. The third-order valence-corrected chi connectivity index (χ3v) is 5.82. The molecule has 0 radical (unpaired) electrons. The number of anilines is 1. The number of carbonyl (C=O) groups excluding carboxylic acids is 1. The molecule has 3 aromatic rings. The predicted molar refractivity (Wildman–Crippen MR) is 117 cm³/mol. The number of fused-ring (bicyclic) bond motifs is 1. The Morgan fingerprint density at radius 3 is 2.79 bits per heavy atom. The van der Waals surface area contributed by atoms with E-state index in [1.165, 1.54) is 10.9 Å². The highest BCUT2D eigenvalue weighted by molar-refractivity contribution is 7.33. The summed E-state index contributed by atoms with van der Waals surface area (Å²) in [6.45, 7) is 2.66. The molecule has 1 aliphatic heterocycles. The Balaban J connectivity index is 1.65. The van der Waals surface area contributed by atoms with E-state index in [1.807, 2.05) is 0 Å². The van der Waals surface area contributed by atoms with Crippen molar-refractivity contribution in [2.45, 2.75) is 38.5 Å². The number of carbonyl (C=O) groups is 1. The lowest BCUT2D eigenvalue weighted by atomic mass is 10.1. The Hall–Kier alpha value is -3.25. The van der Waals surface area contributed by atoms with Crippen LogP contribution in [0.5, 0.6) is 5.75 Å². The number of para-hydroxylation sites is 1. The van der Waals surface area contributed by atoms with Gasteiger partial charge in [0.25, 0.3) is 5.56 Å². The van der Waals surface area contributed by atoms with Crippen LogP contribution in [-0.4, -0.2) is 55.5 Å². The van der Waals surface area contributed by atoms with Crippen LogP contribution in [0.25, 0.3) is 11.2 Å². The van der Waals surface area contributed by atoms with E-state index in [0.29, 0.717) is 0 Å². The summed E-state index contributed by atoms with van der Waals surface area (Å²) in [5.41, 5.74) is -0.781. The molecule has 4 rings (SSSR count). The minimum absolute atomic E-state index is 0.0357. The van der Waals surface area contributed by atoms with Crippen LogP contribution >= 0.6 is 8.25 Å². The highest BCUT2D eigenvalue weighted by Crippen LogP contribution is 2.41. The van der Waals surface area contributed by atoms with E-state index >= 15 is 4.39 Å². The van der Waals surface area contributed by atoms with Gasteiger partial charge >= 0.3 is 8.25 Å². The minimum Gasteiger partial charge on any atom is -0.394 e. The number of nitrogens with one attached hydrogen (secondary N) is 2. The van der Waals surface area contributed by atoms with E-state index in [1.54, 1.807) is 44.2 Å². The number of aliphatic hydroxyl groups is 1. The molecule has 34 heavy (non-hydrogen) atoms. The fourth-order valence-corrected chi connectivity index (χ4v) is 4.06. The quantitative estimate of drug-likeness (QED) is 0.399. The third kappa shape index (κ3) is 4.82. The zero-order chi connectivity index (χ0) is 24.4. The minimum atomic E-state index is -2.83. The van der Waals surface area contributed by atoms with Crippen molar-refractivity contribution in [3.05, 3.63) is 47.0 Å². The van der Waals surface area contributed by atoms with Gasteiger partial charge in [0.05, 0.1) is 12.9 Å². The van der Waals surface area contributed by atoms with Crippen LogP contribution in [0.4, 0.5) is 10.3 Å². The summed E-state index contributed by atoms with van der Waals surface area (Å²) < 4.78 is 44.9. The van der Waals surface area contributed by atoms with E-state index < -0.39 is 45.0 Å². The Labute approximate surface area is 193 Å². The van der Waals surface area contributed by atoms with Gasteiger partial charge in [0.2, 0.25) is 11.9 Å². The molecule has 1 aliphatic rings. The number of hydrogen-bond donors (Lipinski definition) is 3. The van der Waals surface area contributed by atoms with E-state index in [4.69, 9.17) is 13.8 Å². The van der Waals surface area contributed by atoms with Crippen molar-refractivity contribution in [2.75, 3.05) is 11.9 Å². The highest BCUT2D eigenvalue weighted by Gasteiger charge is 2.52. The third-order valence-electron chi connectivity index (χ3n) is 5.05. The van der Waals surface area contributed by atoms with E-state index in [2.05, 4.69) is 20.3 Å². The lowest BCUT2D eigenvalue weighted by molar-refractivity contribution is -0.118. The molecule has 180 valence electrons. The molecule has 5 atom stereocenters. The fraction of sp³-hybridized carbons (Fsp3) is 0.400. The number of halogens is 1. The van der Waals surface area contributed by atoms with Gasteiger partial charge in [0.15, 0.2) is 35.4 Å². The molecule has 0 bridgehead atoms. The number of rotatable bonds is 8. The predicted octanol–water partition coefficient (Wildman–Crippen LogP) is 2.06. The first-order valence-corrected chi connectivity index (χ1v) is 11.4. The second-order valence-corrected chi connectivity index (χ2v) is 8.61. The van der Waals surface area contributed by atoms with Gasteiger partial charge < -0.3 is 9.84 Å². The molecule has 1 amide bonds. The molecular weight excluding hydrogens is 472 g/mol. The highest BCUT2D eigenvalue weighted by atomic mass is 31.1. The van der Waals surface area contributed by atoms with Gasteiger partial charge in [-0.25, -0.2) is 13.9 Å². The van der Waals surface area contributed by atoms with Crippen molar-refractivity contribution >= 4 is 31.3 Å². The van der Waals surface area contributed by atoms with Crippen LogP contribution in [0, 0.1) is 5.92 Å². The molecule has 0 aliphatic carbocycles. The topological polar surface area (TPSA) is 158 Å². The smallest absolute Gasteiger partial charge is 0.394 e. The molecule has 1 fully saturated rings. The molecule has 0 saturated carbocycles. The standard InChI is InChI=1S/C20H21FN5O7P/c1-10(2)17(28)24-20-23-16-14(18(29)25-20)22-9-26(16)19-15(13(21)12(8-27)31-19)33-34(30)32-11-6-4-3-5-7-11/h3-7,9-10,12-13,15,19,27H,8H2,1-2H3,(H-,23,24,25,28,29)/p+1/t12-,13+,15-,19-/m1/s1. The van der Waals surface area contributed by atoms with Crippen LogP contribution in [-0.2, 0) is 18.6 Å². The molecular formula is C20H22FN5O7P+. The van der Waals surface area contributed by atoms with Crippen LogP contribution in [0.1, 0.15) is 20.1 Å². The summed E-state index contributed by atoms with van der Waals surface area (Å²) in [6, 6.07) is 8.17. The van der Waals surface area contributed by atoms with Crippen molar-refractivity contribution in [3.8, 4) is 5.75 Å². The van der Waals surface area contributed by atoms with Crippen LogP contribution in [0.2, 0.25) is 0 Å². The van der Waals surface area contributed by atoms with Gasteiger partial charge in [-0.05, 0) is 12.1 Å². The van der Waals surface area contributed by atoms with Gasteiger partial charge in [0.1, 0.15) is 6.10 Å². The molecule has 1 aromatic carbocycles. The Morgan fingerprint density at radius 1 is 1.38 bits per heavy atom. The lowest BCUT2D eigenvalue weighted by Gasteiger charge is -2.16. The van der Waals surface area contributed by atoms with E-state index in [0.717, 1.165) is 0 Å². The average Bonchev–Trinajstić information content (AvgIpc) is 3.35. The molecule has 1 unspecified atom stereocenters. The number of imidazole rings is 1. The molecule has 3 N–H and O–H groups in total. The SMILES string of the molecule is CC(C)C(=O)Nc1nc2c(ncn2[C@@H]2O[C@H](CO)[C@H](F)[C@H]2O[P+](=O)Oc2ccccc2)c(=O)[nH]1. The summed E-state index contributed by atoms with van der Waals surface area (Å²) >= 11 is 0. The van der Waals surface area contributed by atoms with E-state index in [9.17, 15) is 19.3 Å². The summed E-state index contributed by atoms with van der Waals surface area (Å²) in [5, 5.41) is 12.0. The number of aromatic amines is 1. The van der Waals surface area contributed by atoms with Gasteiger partial charge in [0, 0.05) is 10.5 Å².